The second kappa shape index (κ2) is 21.5. The summed E-state index contributed by atoms with van der Waals surface area (Å²) in [7, 11) is 1.34. The van der Waals surface area contributed by atoms with E-state index in [1.54, 1.807) is 0 Å². The Morgan fingerprint density at radius 1 is 0.875 bits per heavy atom. The molecule has 9 nitrogen and oxygen atoms in total. The number of hydrogen-bond acceptors (Lipinski definition) is 7. The number of aromatic amines is 2. The van der Waals surface area contributed by atoms with Gasteiger partial charge in [-0.15, -0.1) is 0 Å². The molecule has 4 N–H and O–H groups in total. The van der Waals surface area contributed by atoms with Crippen molar-refractivity contribution < 1.29 is 23.9 Å². The number of ketones is 1. The zero-order valence-electron chi connectivity index (χ0n) is 40.9. The van der Waals surface area contributed by atoms with Crippen LogP contribution in [0.2, 0.25) is 0 Å². The number of ether oxygens (including phenoxy) is 2. The summed E-state index contributed by atoms with van der Waals surface area (Å²) in [6, 6.07) is -0.414. The standard InChI is InChI=1S/C55H78N4O5/c1-13-39-35(8)42-28-44-37(10)41(24-25-48(60)64-27-26-34(7)23-17-22-33(6)21-16-20-32(5)19-15-18-31(3)4)52(58-44)50-51(55(62)63-12)54(61)49-38(11)45(59-53(49)50)30-47-40(14-2)36(9)43(57-47)29-46(39)56-42/h13,26,28-33,37,41,49,51-52,56-59H,1,14-25,27H2,2-12H3/b34-26+,43-29-,44-28-,47-30-/t32-,33-,37+,41+,49?,51-,52?/m1/s1. The van der Waals surface area contributed by atoms with Gasteiger partial charge in [-0.25, -0.2) is 0 Å². The summed E-state index contributed by atoms with van der Waals surface area (Å²) in [4.78, 5) is 48.9. The smallest absolute Gasteiger partial charge is 0.320 e. The normalized spacial score (nSPS) is 24.4. The summed E-state index contributed by atoms with van der Waals surface area (Å²) in [5.41, 5.74) is 11.8. The lowest BCUT2D eigenvalue weighted by atomic mass is 9.80. The van der Waals surface area contributed by atoms with Gasteiger partial charge in [0.2, 0.25) is 0 Å². The number of carbonyl (C=O) groups is 3. The van der Waals surface area contributed by atoms with Crippen LogP contribution in [0.3, 0.4) is 0 Å². The van der Waals surface area contributed by atoms with Gasteiger partial charge in [-0.05, 0) is 129 Å². The van der Waals surface area contributed by atoms with Crippen LogP contribution in [0.1, 0.15) is 160 Å². The number of esters is 2. The minimum absolute atomic E-state index is 0.0413. The number of rotatable bonds is 20. The summed E-state index contributed by atoms with van der Waals surface area (Å²) >= 11 is 0. The molecule has 1 fully saturated rings. The first-order valence-corrected chi connectivity index (χ1v) is 24.5. The highest BCUT2D eigenvalue weighted by molar-refractivity contribution is 6.09. The number of methoxy groups -OCH3 is 1. The van der Waals surface area contributed by atoms with Gasteiger partial charge in [-0.2, -0.15) is 0 Å². The zero-order valence-corrected chi connectivity index (χ0v) is 40.9. The number of fused-ring (bicyclic) bond motifs is 8. The first-order chi connectivity index (χ1) is 30.6. The molecule has 0 spiro atoms. The fourth-order valence-corrected chi connectivity index (χ4v) is 10.9. The van der Waals surface area contributed by atoms with Crippen LogP contribution in [0.25, 0.3) is 24.3 Å². The Morgan fingerprint density at radius 3 is 2.22 bits per heavy atom. The van der Waals surface area contributed by atoms with E-state index in [9.17, 15) is 14.4 Å². The van der Waals surface area contributed by atoms with Crippen LogP contribution in [-0.4, -0.2) is 47.4 Å². The third-order valence-corrected chi connectivity index (χ3v) is 15.0. The molecule has 6 rings (SSSR count). The van der Waals surface area contributed by atoms with Gasteiger partial charge in [-0.1, -0.05) is 105 Å². The van der Waals surface area contributed by atoms with E-state index in [4.69, 9.17) is 9.47 Å². The van der Waals surface area contributed by atoms with Gasteiger partial charge in [0.05, 0.1) is 19.1 Å². The van der Waals surface area contributed by atoms with Gasteiger partial charge in [0.15, 0.2) is 5.78 Å². The van der Waals surface area contributed by atoms with Crippen molar-refractivity contribution >= 4 is 42.0 Å². The van der Waals surface area contributed by atoms with Crippen molar-refractivity contribution in [3.63, 3.8) is 0 Å². The van der Waals surface area contributed by atoms with Gasteiger partial charge in [0.25, 0.3) is 0 Å². The molecular formula is C55H78N4O5. The summed E-state index contributed by atoms with van der Waals surface area (Å²) in [5, 5.41) is 9.44. The monoisotopic (exact) mass is 875 g/mol. The maximum absolute atomic E-state index is 14.5. The molecule has 3 aliphatic heterocycles. The average molecular weight is 875 g/mol. The molecule has 2 aromatic rings. The highest BCUT2D eigenvalue weighted by Crippen LogP contribution is 2.49. The van der Waals surface area contributed by atoms with Crippen LogP contribution >= 0.6 is 0 Å². The van der Waals surface area contributed by atoms with Crippen LogP contribution < -0.4 is 21.3 Å². The number of allylic oxidation sites excluding steroid dienone is 4. The van der Waals surface area contributed by atoms with Crippen LogP contribution in [0, 0.1) is 55.3 Å². The Hall–Kier alpha value is -4.79. The van der Waals surface area contributed by atoms with Crippen LogP contribution in [0.5, 0.6) is 0 Å². The predicted octanol–water partition coefficient (Wildman–Crippen LogP) is 10.2. The predicted molar refractivity (Wildman–Crippen MR) is 261 cm³/mol. The highest BCUT2D eigenvalue weighted by atomic mass is 16.5. The van der Waals surface area contributed by atoms with Gasteiger partial charge < -0.3 is 30.1 Å². The molecule has 5 heterocycles. The van der Waals surface area contributed by atoms with Crippen molar-refractivity contribution in [1.29, 1.82) is 0 Å². The Bertz CT molecular complexity index is 2330. The van der Waals surface area contributed by atoms with E-state index in [0.717, 1.165) is 92.9 Å². The molecule has 0 radical (unpaired) electrons. The molecule has 8 bridgehead atoms. The minimum Gasteiger partial charge on any atom is -0.468 e. The Kier molecular flexibility index (Phi) is 16.3. The van der Waals surface area contributed by atoms with Crippen molar-refractivity contribution in [3.8, 4) is 0 Å². The first kappa shape index (κ1) is 48.7. The molecule has 348 valence electrons. The number of nitrogens with one attached hydrogen (secondary N) is 4. The first-order valence-electron chi connectivity index (χ1n) is 24.5. The fourth-order valence-electron chi connectivity index (χ4n) is 10.9. The molecule has 0 amide bonds. The maximum Gasteiger partial charge on any atom is 0.320 e. The van der Waals surface area contributed by atoms with Gasteiger partial charge in [0.1, 0.15) is 12.5 Å². The molecule has 1 aliphatic carbocycles. The molecule has 2 unspecified atom stereocenters. The third-order valence-electron chi connectivity index (χ3n) is 15.0. The number of carbonyl (C=O) groups excluding carboxylic acids is 3. The maximum atomic E-state index is 14.5. The molecule has 7 atom stereocenters. The van der Waals surface area contributed by atoms with Crippen molar-refractivity contribution in [3.05, 3.63) is 90.8 Å². The number of H-pyrrole nitrogens is 2. The highest BCUT2D eigenvalue weighted by Gasteiger charge is 2.55. The number of aromatic nitrogens is 2. The van der Waals surface area contributed by atoms with E-state index < -0.39 is 23.8 Å². The second-order valence-corrected chi connectivity index (χ2v) is 20.1. The lowest BCUT2D eigenvalue weighted by Crippen LogP contribution is -2.37. The molecule has 4 aliphatic rings. The third kappa shape index (κ3) is 10.7. The Balaban J connectivity index is 1.19. The molecular weight excluding hydrogens is 797 g/mol. The SMILES string of the molecule is C=Cc1c2[nH]c(c1C)/C=C1\NC(C3=C4NC(=C(C)C4C(=O)[C@@H]3C(=O)OC)/C=c3\[nH]/c(c(C)c3CC)=C\2)[C@@H](CCC(=O)OC/C=C(\C)CCC[C@H](C)CCC[C@H](C)CCCC(C)C)[C@@H]1C. The number of Topliss-reactive ketones (excluding diaryl/α,β-unsaturated/α-hetero) is 1. The van der Waals surface area contributed by atoms with E-state index in [1.807, 2.05) is 13.0 Å². The van der Waals surface area contributed by atoms with Gasteiger partial charge >= 0.3 is 11.9 Å². The van der Waals surface area contributed by atoms with E-state index >= 15 is 0 Å². The lowest BCUT2D eigenvalue weighted by molar-refractivity contribution is -0.148. The molecule has 9 heteroatoms. The van der Waals surface area contributed by atoms with E-state index in [0.29, 0.717) is 12.0 Å². The summed E-state index contributed by atoms with van der Waals surface area (Å²) in [5.74, 6) is -0.481. The van der Waals surface area contributed by atoms with Crippen LogP contribution in [-0.2, 0) is 30.3 Å². The van der Waals surface area contributed by atoms with Crippen molar-refractivity contribution in [2.24, 2.45) is 41.4 Å². The molecule has 0 saturated carbocycles. The Labute approximate surface area is 383 Å². The topological polar surface area (TPSA) is 125 Å². The van der Waals surface area contributed by atoms with Crippen LogP contribution in [0.4, 0.5) is 0 Å². The lowest BCUT2D eigenvalue weighted by Gasteiger charge is -2.26. The summed E-state index contributed by atoms with van der Waals surface area (Å²) in [6.45, 7) is 26.5. The number of hydrogen-bond donors (Lipinski definition) is 4. The van der Waals surface area contributed by atoms with E-state index in [-0.39, 0.29) is 36.6 Å². The van der Waals surface area contributed by atoms with Crippen molar-refractivity contribution in [1.82, 2.24) is 20.6 Å². The largest absolute Gasteiger partial charge is 0.468 e. The summed E-state index contributed by atoms with van der Waals surface area (Å²) < 4.78 is 11.2. The van der Waals surface area contributed by atoms with E-state index in [1.165, 1.54) is 68.8 Å². The molecule has 2 aromatic heterocycles. The Morgan fingerprint density at radius 2 is 1.56 bits per heavy atom. The molecule has 0 aromatic carbocycles. The average Bonchev–Trinajstić information content (AvgIpc) is 3.99. The second-order valence-electron chi connectivity index (χ2n) is 20.1. The summed E-state index contributed by atoms with van der Waals surface area (Å²) in [6.07, 6.45) is 23.3. The van der Waals surface area contributed by atoms with Crippen molar-refractivity contribution in [2.45, 2.75) is 152 Å². The van der Waals surface area contributed by atoms with Crippen molar-refractivity contribution in [2.75, 3.05) is 13.7 Å². The molecule has 1 saturated heterocycles. The zero-order chi connectivity index (χ0) is 46.4. The van der Waals surface area contributed by atoms with E-state index in [2.05, 4.69) is 114 Å². The fraction of sp³-hybridized carbons (Fsp3) is 0.582. The molecule has 64 heavy (non-hydrogen) atoms. The van der Waals surface area contributed by atoms with Gasteiger partial charge in [-0.3, -0.25) is 14.4 Å². The van der Waals surface area contributed by atoms with Crippen LogP contribution in [0.15, 0.2) is 46.5 Å². The quantitative estimate of drug-likeness (QED) is 0.0593. The minimum atomic E-state index is -1.07. The van der Waals surface area contributed by atoms with Gasteiger partial charge in [0, 0.05) is 57.1 Å².